The number of hydrogen-bond acceptors (Lipinski definition) is 5. The molecule has 6 heteroatoms. The van der Waals surface area contributed by atoms with E-state index in [-0.39, 0.29) is 11.9 Å². The molecule has 2 amide bonds. The predicted molar refractivity (Wildman–Crippen MR) is 85.0 cm³/mol. The molecule has 1 fully saturated rings. The topological polar surface area (TPSA) is 61.9 Å². The van der Waals surface area contributed by atoms with Crippen LogP contribution in [0.15, 0.2) is 24.3 Å². The minimum Gasteiger partial charge on any atom is -0.453 e. The molecule has 1 aromatic rings. The zero-order valence-electron chi connectivity index (χ0n) is 13.3. The number of methoxy groups -OCH3 is 1. The summed E-state index contributed by atoms with van der Waals surface area (Å²) in [6.45, 7) is 7.20. The second-order valence-corrected chi connectivity index (χ2v) is 5.47. The van der Waals surface area contributed by atoms with Crippen molar-refractivity contribution < 1.29 is 14.3 Å². The molecule has 0 spiro atoms. The lowest BCUT2D eigenvalue weighted by molar-refractivity contribution is -0.125. The maximum atomic E-state index is 12.0. The maximum absolute atomic E-state index is 12.0. The number of piperazine rings is 1. The number of alkyl carbamates (subject to hydrolysis) is 1. The lowest BCUT2D eigenvalue weighted by Crippen LogP contribution is -2.54. The van der Waals surface area contributed by atoms with Crippen LogP contribution in [0.4, 0.5) is 10.5 Å². The Balaban J connectivity index is 1.90. The molecule has 0 bridgehead atoms. The van der Waals surface area contributed by atoms with Crippen LogP contribution in [0.2, 0.25) is 0 Å². The van der Waals surface area contributed by atoms with E-state index in [1.165, 1.54) is 18.4 Å². The summed E-state index contributed by atoms with van der Waals surface area (Å²) in [4.78, 5) is 27.5. The number of carbonyl (C=O) groups excluding carboxylic acids is 2. The molecule has 0 radical (unpaired) electrons. The number of hydrogen-bond donors (Lipinski definition) is 1. The number of benzene rings is 1. The second-order valence-electron chi connectivity index (χ2n) is 5.47. The molecule has 1 aliphatic heterocycles. The number of amides is 2. The van der Waals surface area contributed by atoms with Crippen molar-refractivity contribution in [3.63, 3.8) is 0 Å². The van der Waals surface area contributed by atoms with Gasteiger partial charge >= 0.3 is 6.09 Å². The van der Waals surface area contributed by atoms with Crippen LogP contribution >= 0.6 is 0 Å². The third-order valence-electron chi connectivity index (χ3n) is 4.11. The van der Waals surface area contributed by atoms with Gasteiger partial charge in [0.1, 0.15) is 0 Å². The standard InChI is InChI=1S/C16H23N3O3/c1-12-6-4-5-7-14(12)19-10-8-18(9-11-19)13(2)15(20)17-16(21)22-3/h4-7,13H,8-11H2,1-3H3,(H,17,20,21)/t13-/m0/s1. The van der Waals surface area contributed by atoms with E-state index < -0.39 is 6.09 Å². The van der Waals surface area contributed by atoms with Crippen LogP contribution in [0.5, 0.6) is 0 Å². The second kappa shape index (κ2) is 7.26. The molecule has 1 aliphatic rings. The average molecular weight is 305 g/mol. The van der Waals surface area contributed by atoms with Gasteiger partial charge < -0.3 is 9.64 Å². The molecule has 1 saturated heterocycles. The number of rotatable bonds is 3. The SMILES string of the molecule is COC(=O)NC(=O)[C@H](C)N1CCN(c2ccccc2C)CC1. The van der Waals surface area contributed by atoms with Gasteiger partial charge in [-0.25, -0.2) is 4.79 Å². The lowest BCUT2D eigenvalue weighted by Gasteiger charge is -2.38. The van der Waals surface area contributed by atoms with Gasteiger partial charge in [-0.2, -0.15) is 0 Å². The Morgan fingerprint density at radius 3 is 2.41 bits per heavy atom. The molecule has 1 aromatic carbocycles. The first-order valence-electron chi connectivity index (χ1n) is 7.46. The van der Waals surface area contributed by atoms with Gasteiger partial charge in [-0.15, -0.1) is 0 Å². The van der Waals surface area contributed by atoms with Gasteiger partial charge in [0, 0.05) is 31.9 Å². The minimum absolute atomic E-state index is 0.323. The molecule has 1 atom stereocenters. The monoisotopic (exact) mass is 305 g/mol. The summed E-state index contributed by atoms with van der Waals surface area (Å²) in [7, 11) is 1.24. The van der Waals surface area contributed by atoms with Gasteiger partial charge in [-0.05, 0) is 25.5 Å². The summed E-state index contributed by atoms with van der Waals surface area (Å²) in [6, 6.07) is 7.96. The van der Waals surface area contributed by atoms with Crippen LogP contribution in [0.1, 0.15) is 12.5 Å². The molecule has 1 heterocycles. The predicted octanol–water partition coefficient (Wildman–Crippen LogP) is 1.39. The van der Waals surface area contributed by atoms with Gasteiger partial charge in [0.2, 0.25) is 5.91 Å². The third-order valence-corrected chi connectivity index (χ3v) is 4.11. The Hall–Kier alpha value is -2.08. The highest BCUT2D eigenvalue weighted by molar-refractivity contribution is 5.94. The number of para-hydroxylation sites is 1. The zero-order valence-corrected chi connectivity index (χ0v) is 13.3. The van der Waals surface area contributed by atoms with Crippen LogP contribution in [0.3, 0.4) is 0 Å². The van der Waals surface area contributed by atoms with Crippen molar-refractivity contribution in [2.45, 2.75) is 19.9 Å². The van der Waals surface area contributed by atoms with Crippen LogP contribution in [-0.4, -0.2) is 56.2 Å². The highest BCUT2D eigenvalue weighted by Gasteiger charge is 2.27. The first-order chi connectivity index (χ1) is 10.5. The van der Waals surface area contributed by atoms with E-state index >= 15 is 0 Å². The van der Waals surface area contributed by atoms with E-state index in [9.17, 15) is 9.59 Å². The molecule has 2 rings (SSSR count). The molecule has 0 saturated carbocycles. The van der Waals surface area contributed by atoms with Crippen LogP contribution < -0.4 is 10.2 Å². The minimum atomic E-state index is -0.713. The lowest BCUT2D eigenvalue weighted by atomic mass is 10.1. The summed E-state index contributed by atoms with van der Waals surface area (Å²) in [5.74, 6) is -0.323. The number of nitrogens with one attached hydrogen (secondary N) is 1. The molecule has 120 valence electrons. The Morgan fingerprint density at radius 1 is 1.18 bits per heavy atom. The Bertz CT molecular complexity index is 539. The van der Waals surface area contributed by atoms with E-state index in [1.807, 2.05) is 19.1 Å². The molecule has 6 nitrogen and oxygen atoms in total. The summed E-state index contributed by atoms with van der Waals surface area (Å²) < 4.78 is 4.45. The quantitative estimate of drug-likeness (QED) is 0.914. The van der Waals surface area contributed by atoms with Gasteiger partial charge in [-0.3, -0.25) is 15.0 Å². The summed E-state index contributed by atoms with van der Waals surface area (Å²) >= 11 is 0. The third kappa shape index (κ3) is 3.76. The fourth-order valence-corrected chi connectivity index (χ4v) is 2.69. The fraction of sp³-hybridized carbons (Fsp3) is 0.500. The largest absolute Gasteiger partial charge is 0.453 e. The molecule has 0 aromatic heterocycles. The van der Waals surface area contributed by atoms with Crippen LogP contribution in [0.25, 0.3) is 0 Å². The number of imide groups is 1. The van der Waals surface area contributed by atoms with Crippen molar-refractivity contribution in [1.29, 1.82) is 0 Å². The van der Waals surface area contributed by atoms with Crippen molar-refractivity contribution in [3.05, 3.63) is 29.8 Å². The van der Waals surface area contributed by atoms with E-state index in [1.54, 1.807) is 0 Å². The highest BCUT2D eigenvalue weighted by atomic mass is 16.5. The Labute approximate surface area is 131 Å². The number of aryl methyl sites for hydroxylation is 1. The first kappa shape index (κ1) is 16.3. The van der Waals surface area contributed by atoms with Crippen LogP contribution in [-0.2, 0) is 9.53 Å². The number of carbonyl (C=O) groups is 2. The van der Waals surface area contributed by atoms with Crippen LogP contribution in [0, 0.1) is 6.92 Å². The maximum Gasteiger partial charge on any atom is 0.413 e. The normalized spacial score (nSPS) is 17.0. The molecule has 22 heavy (non-hydrogen) atoms. The molecular formula is C16H23N3O3. The van der Waals surface area contributed by atoms with E-state index in [2.05, 4.69) is 38.9 Å². The van der Waals surface area contributed by atoms with E-state index in [0.717, 1.165) is 26.2 Å². The number of ether oxygens (including phenoxy) is 1. The summed E-state index contributed by atoms with van der Waals surface area (Å²) in [5.41, 5.74) is 2.50. The molecule has 0 aliphatic carbocycles. The summed E-state index contributed by atoms with van der Waals surface area (Å²) in [6.07, 6.45) is -0.713. The van der Waals surface area contributed by atoms with Crippen molar-refractivity contribution in [2.24, 2.45) is 0 Å². The smallest absolute Gasteiger partial charge is 0.413 e. The molecular weight excluding hydrogens is 282 g/mol. The Kier molecular flexibility index (Phi) is 5.38. The zero-order chi connectivity index (χ0) is 16.1. The average Bonchev–Trinajstić information content (AvgIpc) is 2.54. The fourth-order valence-electron chi connectivity index (χ4n) is 2.69. The molecule has 1 N–H and O–H groups in total. The van der Waals surface area contributed by atoms with E-state index in [4.69, 9.17) is 0 Å². The van der Waals surface area contributed by atoms with Crippen molar-refractivity contribution in [3.8, 4) is 0 Å². The Morgan fingerprint density at radius 2 is 1.82 bits per heavy atom. The molecule has 0 unspecified atom stereocenters. The van der Waals surface area contributed by atoms with Crippen molar-refractivity contribution in [1.82, 2.24) is 10.2 Å². The van der Waals surface area contributed by atoms with E-state index in [0.29, 0.717) is 0 Å². The van der Waals surface area contributed by atoms with Crippen molar-refractivity contribution >= 4 is 17.7 Å². The van der Waals surface area contributed by atoms with Gasteiger partial charge in [0.15, 0.2) is 0 Å². The number of anilines is 1. The summed E-state index contributed by atoms with van der Waals surface area (Å²) in [5, 5.41) is 2.22. The van der Waals surface area contributed by atoms with Gasteiger partial charge in [0.25, 0.3) is 0 Å². The van der Waals surface area contributed by atoms with Crippen molar-refractivity contribution in [2.75, 3.05) is 38.2 Å². The highest BCUT2D eigenvalue weighted by Crippen LogP contribution is 2.21. The first-order valence-corrected chi connectivity index (χ1v) is 7.46. The van der Waals surface area contributed by atoms with Gasteiger partial charge in [-0.1, -0.05) is 18.2 Å². The number of nitrogens with zero attached hydrogens (tertiary/aromatic N) is 2. The van der Waals surface area contributed by atoms with Gasteiger partial charge in [0.05, 0.1) is 13.2 Å².